The number of hydrogen-bond acceptors (Lipinski definition) is 4. The van der Waals surface area contributed by atoms with E-state index in [0.29, 0.717) is 6.04 Å². The Labute approximate surface area is 122 Å². The predicted molar refractivity (Wildman–Crippen MR) is 84.2 cm³/mol. The topological polar surface area (TPSA) is 89.4 Å². The van der Waals surface area contributed by atoms with Crippen LogP contribution in [0.5, 0.6) is 0 Å². The maximum absolute atomic E-state index is 11.6. The molecule has 0 radical (unpaired) electrons. The summed E-state index contributed by atoms with van der Waals surface area (Å²) in [7, 11) is -3.79. The summed E-state index contributed by atoms with van der Waals surface area (Å²) in [6.07, 6.45) is 3.06. The van der Waals surface area contributed by atoms with Gasteiger partial charge >= 0.3 is 0 Å². The highest BCUT2D eigenvalue weighted by molar-refractivity contribution is 7.89. The van der Waals surface area contributed by atoms with Gasteiger partial charge in [0.1, 0.15) is 4.90 Å². The maximum atomic E-state index is 11.6. The molecule has 0 aliphatic carbocycles. The third-order valence-corrected chi connectivity index (χ3v) is 4.50. The largest absolute Gasteiger partial charge is 0.396 e. The van der Waals surface area contributed by atoms with Crippen molar-refractivity contribution in [2.45, 2.75) is 51.0 Å². The van der Waals surface area contributed by atoms with E-state index >= 15 is 0 Å². The molecule has 5 nitrogen and oxygen atoms in total. The van der Waals surface area contributed by atoms with Crippen molar-refractivity contribution in [2.24, 2.45) is 5.14 Å². The lowest BCUT2D eigenvalue weighted by Crippen LogP contribution is -2.34. The van der Waals surface area contributed by atoms with Gasteiger partial charge in [0, 0.05) is 12.6 Å². The standard InChI is InChI=1S/C14H25N3O2S/c1-4-6-10-17(11(3)5-2)12-8-7-9-13(14(12)15)20(16,18)19/h7-9,11H,4-6,10,15H2,1-3H3,(H2,16,18,19). The van der Waals surface area contributed by atoms with Crippen LogP contribution in [0.15, 0.2) is 23.1 Å². The Bertz CT molecular complexity index is 543. The van der Waals surface area contributed by atoms with E-state index < -0.39 is 10.0 Å². The predicted octanol–water partition coefficient (Wildman–Crippen LogP) is 2.32. The molecule has 20 heavy (non-hydrogen) atoms. The SMILES string of the molecule is CCCCN(c1cccc(S(N)(=O)=O)c1N)C(C)CC. The molecule has 0 aliphatic rings. The van der Waals surface area contributed by atoms with Crippen LogP contribution in [0, 0.1) is 0 Å². The highest BCUT2D eigenvalue weighted by Gasteiger charge is 2.20. The molecule has 0 fully saturated rings. The van der Waals surface area contributed by atoms with Crippen molar-refractivity contribution in [3.63, 3.8) is 0 Å². The monoisotopic (exact) mass is 299 g/mol. The molecule has 6 heteroatoms. The van der Waals surface area contributed by atoms with Crippen LogP contribution < -0.4 is 15.8 Å². The molecule has 0 amide bonds. The van der Waals surface area contributed by atoms with Gasteiger partial charge in [0.15, 0.2) is 0 Å². The molecule has 1 aromatic carbocycles. The van der Waals surface area contributed by atoms with Crippen molar-refractivity contribution in [1.29, 1.82) is 0 Å². The molecule has 0 aromatic heterocycles. The van der Waals surface area contributed by atoms with Gasteiger partial charge in [-0.15, -0.1) is 0 Å². The Balaban J connectivity index is 3.27. The molecule has 0 saturated heterocycles. The number of nitrogens with zero attached hydrogens (tertiary/aromatic N) is 1. The van der Waals surface area contributed by atoms with Gasteiger partial charge < -0.3 is 10.6 Å². The number of anilines is 2. The van der Waals surface area contributed by atoms with E-state index in [4.69, 9.17) is 10.9 Å². The molecule has 1 aromatic rings. The van der Waals surface area contributed by atoms with Crippen molar-refractivity contribution >= 4 is 21.4 Å². The molecule has 0 bridgehead atoms. The fraction of sp³-hybridized carbons (Fsp3) is 0.571. The average Bonchev–Trinajstić information content (AvgIpc) is 2.39. The minimum atomic E-state index is -3.79. The molecule has 114 valence electrons. The lowest BCUT2D eigenvalue weighted by molar-refractivity contribution is 0.592. The quantitative estimate of drug-likeness (QED) is 0.756. The van der Waals surface area contributed by atoms with Crippen LogP contribution in [0.25, 0.3) is 0 Å². The van der Waals surface area contributed by atoms with Gasteiger partial charge in [0.2, 0.25) is 10.0 Å². The third kappa shape index (κ3) is 3.86. The first-order valence-electron chi connectivity index (χ1n) is 7.00. The molecule has 1 atom stereocenters. The molecule has 0 aliphatic heterocycles. The van der Waals surface area contributed by atoms with Crippen LogP contribution in [-0.2, 0) is 10.0 Å². The van der Waals surface area contributed by atoms with E-state index in [1.54, 1.807) is 6.07 Å². The van der Waals surface area contributed by atoms with Crippen molar-refractivity contribution in [3.05, 3.63) is 18.2 Å². The molecular weight excluding hydrogens is 274 g/mol. The molecule has 0 saturated carbocycles. The van der Waals surface area contributed by atoms with Crippen LogP contribution in [0.1, 0.15) is 40.0 Å². The van der Waals surface area contributed by atoms with Crippen LogP contribution in [0.3, 0.4) is 0 Å². The van der Waals surface area contributed by atoms with Crippen molar-refractivity contribution < 1.29 is 8.42 Å². The smallest absolute Gasteiger partial charge is 0.240 e. The first-order chi connectivity index (χ1) is 9.32. The summed E-state index contributed by atoms with van der Waals surface area (Å²) >= 11 is 0. The van der Waals surface area contributed by atoms with E-state index in [1.165, 1.54) is 6.07 Å². The molecule has 1 rings (SSSR count). The second-order valence-corrected chi connectivity index (χ2v) is 6.57. The summed E-state index contributed by atoms with van der Waals surface area (Å²) in [5.74, 6) is 0. The highest BCUT2D eigenvalue weighted by Crippen LogP contribution is 2.31. The van der Waals surface area contributed by atoms with Gasteiger partial charge in [-0.1, -0.05) is 26.3 Å². The Morgan fingerprint density at radius 2 is 1.95 bits per heavy atom. The van der Waals surface area contributed by atoms with Crippen molar-refractivity contribution in [1.82, 2.24) is 0 Å². The van der Waals surface area contributed by atoms with E-state index in [-0.39, 0.29) is 10.6 Å². The lowest BCUT2D eigenvalue weighted by atomic mass is 10.1. The molecule has 1 unspecified atom stereocenters. The van der Waals surface area contributed by atoms with E-state index in [1.807, 2.05) is 6.07 Å². The Morgan fingerprint density at radius 3 is 2.45 bits per heavy atom. The van der Waals surface area contributed by atoms with Crippen molar-refractivity contribution in [2.75, 3.05) is 17.2 Å². The highest BCUT2D eigenvalue weighted by atomic mass is 32.2. The maximum Gasteiger partial charge on any atom is 0.240 e. The van der Waals surface area contributed by atoms with E-state index in [2.05, 4.69) is 25.7 Å². The van der Waals surface area contributed by atoms with E-state index in [9.17, 15) is 8.42 Å². The molecular formula is C14H25N3O2S. The minimum Gasteiger partial charge on any atom is -0.396 e. The number of sulfonamides is 1. The molecule has 0 spiro atoms. The molecule has 0 heterocycles. The number of benzene rings is 1. The van der Waals surface area contributed by atoms with E-state index in [0.717, 1.165) is 31.5 Å². The summed E-state index contributed by atoms with van der Waals surface area (Å²) in [6, 6.07) is 5.28. The van der Waals surface area contributed by atoms with Gasteiger partial charge in [-0.25, -0.2) is 13.6 Å². The summed E-state index contributed by atoms with van der Waals surface area (Å²) in [5, 5.41) is 5.21. The number of nitrogen functional groups attached to an aromatic ring is 1. The van der Waals surface area contributed by atoms with Gasteiger partial charge in [-0.2, -0.15) is 0 Å². The first-order valence-corrected chi connectivity index (χ1v) is 8.55. The fourth-order valence-corrected chi connectivity index (χ4v) is 2.84. The van der Waals surface area contributed by atoms with Crippen LogP contribution in [0.4, 0.5) is 11.4 Å². The van der Waals surface area contributed by atoms with Crippen LogP contribution in [-0.4, -0.2) is 21.0 Å². The lowest BCUT2D eigenvalue weighted by Gasteiger charge is -2.32. The first kappa shape index (κ1) is 16.8. The second kappa shape index (κ2) is 6.95. The zero-order valence-corrected chi connectivity index (χ0v) is 13.3. The number of rotatable bonds is 7. The Kier molecular flexibility index (Phi) is 5.83. The second-order valence-electron chi connectivity index (χ2n) is 5.04. The average molecular weight is 299 g/mol. The number of hydrogen-bond donors (Lipinski definition) is 2. The Morgan fingerprint density at radius 1 is 1.30 bits per heavy atom. The normalized spacial score (nSPS) is 13.2. The summed E-state index contributed by atoms with van der Waals surface area (Å²) in [5.41, 5.74) is 7.03. The summed E-state index contributed by atoms with van der Waals surface area (Å²) in [6.45, 7) is 7.19. The minimum absolute atomic E-state index is 0.000184. The van der Waals surface area contributed by atoms with Gasteiger partial charge in [0.05, 0.1) is 11.4 Å². The Hall–Kier alpha value is -1.27. The summed E-state index contributed by atoms with van der Waals surface area (Å²) in [4.78, 5) is 2.16. The zero-order chi connectivity index (χ0) is 15.3. The number of unbranched alkanes of at least 4 members (excludes halogenated alkanes) is 1. The summed E-state index contributed by atoms with van der Waals surface area (Å²) < 4.78 is 23.1. The third-order valence-electron chi connectivity index (χ3n) is 3.53. The number of nitrogens with two attached hydrogens (primary N) is 2. The number of para-hydroxylation sites is 1. The fourth-order valence-electron chi connectivity index (χ4n) is 2.16. The van der Waals surface area contributed by atoms with Crippen LogP contribution in [0.2, 0.25) is 0 Å². The van der Waals surface area contributed by atoms with Crippen LogP contribution >= 0.6 is 0 Å². The zero-order valence-electron chi connectivity index (χ0n) is 12.5. The van der Waals surface area contributed by atoms with Gasteiger partial charge in [0.25, 0.3) is 0 Å². The number of primary sulfonamides is 1. The van der Waals surface area contributed by atoms with Gasteiger partial charge in [-0.3, -0.25) is 0 Å². The molecule has 4 N–H and O–H groups in total. The van der Waals surface area contributed by atoms with Gasteiger partial charge in [-0.05, 0) is 31.9 Å². The van der Waals surface area contributed by atoms with Crippen molar-refractivity contribution in [3.8, 4) is 0 Å².